The number of aryl methyl sites for hydroxylation is 4. The smallest absolute Gasteiger partial charge is 0.158 e. The van der Waals surface area contributed by atoms with Crippen molar-refractivity contribution in [3.63, 3.8) is 0 Å². The summed E-state index contributed by atoms with van der Waals surface area (Å²) >= 11 is 0. The van der Waals surface area contributed by atoms with E-state index in [1.54, 1.807) is 0 Å². The van der Waals surface area contributed by atoms with E-state index in [-0.39, 0.29) is 0 Å². The van der Waals surface area contributed by atoms with Gasteiger partial charge in [-0.1, -0.05) is 0 Å². The van der Waals surface area contributed by atoms with Crippen molar-refractivity contribution in [2.75, 3.05) is 0 Å². The second kappa shape index (κ2) is 2.97. The maximum Gasteiger partial charge on any atom is 0.158 e. The van der Waals surface area contributed by atoms with Crippen LogP contribution in [0.4, 0.5) is 0 Å². The minimum atomic E-state index is 0.849. The Bertz CT molecular complexity index is 445. The van der Waals surface area contributed by atoms with Crippen molar-refractivity contribution in [3.8, 4) is 11.5 Å². The molecule has 2 heterocycles. The normalized spacial score (nSPS) is 10.9. The number of rotatable bonds is 1. The molecule has 0 amide bonds. The van der Waals surface area contributed by atoms with Crippen LogP contribution in [0.1, 0.15) is 22.9 Å². The fourth-order valence-corrected chi connectivity index (χ4v) is 1.50. The average Bonchev–Trinajstić information content (AvgIpc) is 2.57. The van der Waals surface area contributed by atoms with Crippen LogP contribution < -0.4 is 0 Å². The van der Waals surface area contributed by atoms with Gasteiger partial charge in [0.15, 0.2) is 5.82 Å². The Morgan fingerprint density at radius 1 is 0.857 bits per heavy atom. The zero-order chi connectivity index (χ0) is 10.3. The standard InChI is InChI=1S/C10H14N4/c1-5-6(2)13-10(12-5)9-7(3)11-8(4)14-9/h1-4H3,(H,11,14)(H,12,13). The molecule has 4 nitrogen and oxygen atoms in total. The van der Waals surface area contributed by atoms with Crippen molar-refractivity contribution >= 4 is 0 Å². The lowest BCUT2D eigenvalue weighted by atomic mass is 10.3. The molecule has 0 aliphatic carbocycles. The number of imidazole rings is 2. The van der Waals surface area contributed by atoms with E-state index in [0.717, 1.165) is 34.4 Å². The van der Waals surface area contributed by atoms with E-state index >= 15 is 0 Å². The predicted octanol–water partition coefficient (Wildman–Crippen LogP) is 2.03. The first-order valence-corrected chi connectivity index (χ1v) is 4.64. The largest absolute Gasteiger partial charge is 0.346 e. The van der Waals surface area contributed by atoms with Crippen LogP contribution in [0.25, 0.3) is 11.5 Å². The summed E-state index contributed by atoms with van der Waals surface area (Å²) in [7, 11) is 0. The van der Waals surface area contributed by atoms with Gasteiger partial charge in [-0.05, 0) is 27.7 Å². The van der Waals surface area contributed by atoms with E-state index in [9.17, 15) is 0 Å². The predicted molar refractivity (Wildman–Crippen MR) is 55.1 cm³/mol. The van der Waals surface area contributed by atoms with Crippen LogP contribution in [-0.4, -0.2) is 19.9 Å². The zero-order valence-electron chi connectivity index (χ0n) is 8.89. The third-order valence-corrected chi connectivity index (χ3v) is 2.36. The molecule has 0 spiro atoms. The second-order valence-corrected chi connectivity index (χ2v) is 3.59. The molecule has 0 unspecified atom stereocenters. The highest BCUT2D eigenvalue weighted by molar-refractivity contribution is 5.54. The Kier molecular flexibility index (Phi) is 1.91. The van der Waals surface area contributed by atoms with E-state index < -0.39 is 0 Å². The first-order chi connectivity index (χ1) is 6.58. The lowest BCUT2D eigenvalue weighted by Gasteiger charge is -1.90. The summed E-state index contributed by atoms with van der Waals surface area (Å²) in [5, 5.41) is 0. The Morgan fingerprint density at radius 3 is 2.00 bits per heavy atom. The third-order valence-electron chi connectivity index (χ3n) is 2.36. The monoisotopic (exact) mass is 190 g/mol. The van der Waals surface area contributed by atoms with Crippen LogP contribution in [0.15, 0.2) is 0 Å². The van der Waals surface area contributed by atoms with Crippen molar-refractivity contribution in [1.82, 2.24) is 19.9 Å². The van der Waals surface area contributed by atoms with Crippen molar-refractivity contribution < 1.29 is 0 Å². The maximum atomic E-state index is 4.42. The molecule has 0 aliphatic heterocycles. The van der Waals surface area contributed by atoms with Crippen LogP contribution in [-0.2, 0) is 0 Å². The van der Waals surface area contributed by atoms with Crippen LogP contribution >= 0.6 is 0 Å². The molecule has 0 atom stereocenters. The minimum Gasteiger partial charge on any atom is -0.346 e. The second-order valence-electron chi connectivity index (χ2n) is 3.59. The summed E-state index contributed by atoms with van der Waals surface area (Å²) in [6, 6.07) is 0. The van der Waals surface area contributed by atoms with Crippen LogP contribution in [0.5, 0.6) is 0 Å². The van der Waals surface area contributed by atoms with Gasteiger partial charge in [0.1, 0.15) is 11.5 Å². The quantitative estimate of drug-likeness (QED) is 0.722. The molecule has 0 fully saturated rings. The minimum absolute atomic E-state index is 0.849. The van der Waals surface area contributed by atoms with Gasteiger partial charge in [-0.15, -0.1) is 0 Å². The Labute approximate surface area is 82.8 Å². The molecule has 2 N–H and O–H groups in total. The molecular weight excluding hydrogens is 176 g/mol. The molecule has 0 saturated heterocycles. The van der Waals surface area contributed by atoms with Gasteiger partial charge < -0.3 is 9.97 Å². The van der Waals surface area contributed by atoms with E-state index in [2.05, 4.69) is 19.9 Å². The van der Waals surface area contributed by atoms with Crippen molar-refractivity contribution in [2.45, 2.75) is 27.7 Å². The molecule has 74 valence electrons. The molecule has 2 rings (SSSR count). The molecule has 2 aromatic heterocycles. The number of H-pyrrole nitrogens is 2. The highest BCUT2D eigenvalue weighted by Gasteiger charge is 2.11. The molecule has 0 bridgehead atoms. The molecule has 0 saturated carbocycles. The topological polar surface area (TPSA) is 57.4 Å². The summed E-state index contributed by atoms with van der Waals surface area (Å²) in [6.07, 6.45) is 0. The van der Waals surface area contributed by atoms with E-state index in [1.807, 2.05) is 27.7 Å². The summed E-state index contributed by atoms with van der Waals surface area (Å²) in [6.45, 7) is 7.95. The van der Waals surface area contributed by atoms with Gasteiger partial charge >= 0.3 is 0 Å². The summed E-state index contributed by atoms with van der Waals surface area (Å²) in [5.41, 5.74) is 4.09. The highest BCUT2D eigenvalue weighted by atomic mass is 15.0. The molecule has 2 aromatic rings. The first kappa shape index (κ1) is 8.99. The SMILES string of the molecule is Cc1nc(-c2nc(C)c(C)[nH]2)c(C)[nH]1. The van der Waals surface area contributed by atoms with E-state index in [4.69, 9.17) is 0 Å². The first-order valence-electron chi connectivity index (χ1n) is 4.64. The number of aromatic amines is 2. The molecule has 14 heavy (non-hydrogen) atoms. The van der Waals surface area contributed by atoms with Gasteiger partial charge in [-0.3, -0.25) is 0 Å². The Balaban J connectivity index is 2.54. The zero-order valence-corrected chi connectivity index (χ0v) is 8.89. The molecule has 0 aromatic carbocycles. The van der Waals surface area contributed by atoms with E-state index in [0.29, 0.717) is 0 Å². The van der Waals surface area contributed by atoms with Crippen LogP contribution in [0.3, 0.4) is 0 Å². The lowest BCUT2D eigenvalue weighted by molar-refractivity contribution is 1.13. The van der Waals surface area contributed by atoms with Gasteiger partial charge in [0.25, 0.3) is 0 Å². The highest BCUT2D eigenvalue weighted by Crippen LogP contribution is 2.18. The summed E-state index contributed by atoms with van der Waals surface area (Å²) in [4.78, 5) is 15.2. The average molecular weight is 190 g/mol. The van der Waals surface area contributed by atoms with Crippen molar-refractivity contribution in [1.29, 1.82) is 0 Å². The van der Waals surface area contributed by atoms with Gasteiger partial charge in [0.05, 0.1) is 5.69 Å². The molecule has 0 aliphatic rings. The lowest BCUT2D eigenvalue weighted by Crippen LogP contribution is -1.83. The van der Waals surface area contributed by atoms with Gasteiger partial charge in [-0.25, -0.2) is 9.97 Å². The Morgan fingerprint density at radius 2 is 1.57 bits per heavy atom. The molecule has 0 radical (unpaired) electrons. The maximum absolute atomic E-state index is 4.42. The number of nitrogens with zero attached hydrogens (tertiary/aromatic N) is 2. The van der Waals surface area contributed by atoms with Crippen molar-refractivity contribution in [3.05, 3.63) is 22.9 Å². The number of hydrogen-bond donors (Lipinski definition) is 2. The van der Waals surface area contributed by atoms with Crippen molar-refractivity contribution in [2.24, 2.45) is 0 Å². The van der Waals surface area contributed by atoms with Crippen LogP contribution in [0.2, 0.25) is 0 Å². The fraction of sp³-hybridized carbons (Fsp3) is 0.400. The van der Waals surface area contributed by atoms with Crippen LogP contribution in [0, 0.1) is 27.7 Å². The fourth-order valence-electron chi connectivity index (χ4n) is 1.50. The number of aromatic nitrogens is 4. The van der Waals surface area contributed by atoms with Gasteiger partial charge in [0, 0.05) is 11.4 Å². The Hall–Kier alpha value is -1.58. The summed E-state index contributed by atoms with van der Waals surface area (Å²) in [5.74, 6) is 1.77. The summed E-state index contributed by atoms with van der Waals surface area (Å²) < 4.78 is 0. The van der Waals surface area contributed by atoms with Gasteiger partial charge in [0.2, 0.25) is 0 Å². The number of hydrogen-bond acceptors (Lipinski definition) is 2. The van der Waals surface area contributed by atoms with Gasteiger partial charge in [-0.2, -0.15) is 0 Å². The number of nitrogens with one attached hydrogen (secondary N) is 2. The molecule has 4 heteroatoms. The molecular formula is C10H14N4. The van der Waals surface area contributed by atoms with E-state index in [1.165, 1.54) is 0 Å². The third kappa shape index (κ3) is 1.32.